The first-order chi connectivity index (χ1) is 17.2. The van der Waals surface area contributed by atoms with Crippen molar-refractivity contribution >= 4 is 23.0 Å². The van der Waals surface area contributed by atoms with E-state index < -0.39 is 0 Å². The van der Waals surface area contributed by atoms with Gasteiger partial charge in [0.25, 0.3) is 5.91 Å². The van der Waals surface area contributed by atoms with Crippen molar-refractivity contribution in [3.63, 3.8) is 0 Å². The fourth-order valence-electron chi connectivity index (χ4n) is 4.20. The van der Waals surface area contributed by atoms with E-state index in [2.05, 4.69) is 51.2 Å². The smallest absolute Gasteiger partial charge is 0.260 e. The van der Waals surface area contributed by atoms with E-state index in [1.807, 2.05) is 0 Å². The van der Waals surface area contributed by atoms with Crippen LogP contribution in [0.5, 0.6) is 17.2 Å². The van der Waals surface area contributed by atoms with Crippen LogP contribution in [0.4, 0.5) is 17.1 Å². The van der Waals surface area contributed by atoms with Gasteiger partial charge in [0.05, 0.1) is 31.2 Å². The Hall–Kier alpha value is -3.67. The molecular weight excluding hydrogens is 452 g/mol. The van der Waals surface area contributed by atoms with Crippen LogP contribution in [0.15, 0.2) is 65.3 Å². The number of amides is 1. The Kier molecular flexibility index (Phi) is 9.23. The van der Waals surface area contributed by atoms with Gasteiger partial charge >= 0.3 is 0 Å². The summed E-state index contributed by atoms with van der Waals surface area (Å²) < 4.78 is 10.9. The molecule has 0 aromatic heterocycles. The fourth-order valence-corrected chi connectivity index (χ4v) is 4.20. The topological polar surface area (TPSA) is 71.0 Å². The van der Waals surface area contributed by atoms with E-state index in [-0.39, 0.29) is 11.7 Å². The molecule has 0 spiro atoms. The number of ether oxygens (including phenoxy) is 2. The highest BCUT2D eigenvalue weighted by atomic mass is 16.5. The number of hydrogen-bond donors (Lipinski definition) is 2. The second-order valence-electron chi connectivity index (χ2n) is 9.42. The Bertz CT molecular complexity index is 1190. The Labute approximate surface area is 214 Å². The Morgan fingerprint density at radius 1 is 0.944 bits per heavy atom. The minimum atomic E-state index is -0.179. The lowest BCUT2D eigenvalue weighted by atomic mass is 10.1. The van der Waals surface area contributed by atoms with E-state index in [1.54, 1.807) is 36.3 Å². The molecule has 2 aromatic rings. The van der Waals surface area contributed by atoms with Crippen LogP contribution < -0.4 is 19.7 Å². The summed E-state index contributed by atoms with van der Waals surface area (Å²) in [4.78, 5) is 15.4. The standard InChI is InChI=1S/C30H38N2O4/c1-20(2)10-7-11-21(3)12-8-13-22(4)16-17-32-25-18-23(35-5)19-26(33)29(25)31-28-24(30(32)34)14-9-15-27(28)36-6/h9-10,12,14-16,18-19,31,33H,7-8,11,13,17H2,1-6H3/b21-12+,22-16+. The van der Waals surface area contributed by atoms with Gasteiger partial charge in [-0.15, -0.1) is 0 Å². The van der Waals surface area contributed by atoms with Crippen LogP contribution in [0, 0.1) is 0 Å². The summed E-state index contributed by atoms with van der Waals surface area (Å²) >= 11 is 0. The zero-order chi connectivity index (χ0) is 26.2. The first kappa shape index (κ1) is 26.9. The van der Waals surface area contributed by atoms with Crippen molar-refractivity contribution in [3.8, 4) is 17.2 Å². The Morgan fingerprint density at radius 2 is 1.64 bits per heavy atom. The molecule has 192 valence electrons. The van der Waals surface area contributed by atoms with Gasteiger partial charge in [0.1, 0.15) is 22.9 Å². The van der Waals surface area contributed by atoms with Crippen LogP contribution in [0.1, 0.15) is 63.7 Å². The van der Waals surface area contributed by atoms with Crippen molar-refractivity contribution in [2.75, 3.05) is 31.0 Å². The molecule has 0 unspecified atom stereocenters. The fraction of sp³-hybridized carbons (Fsp3) is 0.367. The van der Waals surface area contributed by atoms with Crippen molar-refractivity contribution in [2.45, 2.75) is 53.4 Å². The number of phenolic OH excluding ortho intramolecular Hbond substituents is 1. The highest BCUT2D eigenvalue weighted by Gasteiger charge is 2.30. The predicted octanol–water partition coefficient (Wildman–Crippen LogP) is 7.53. The number of carbonyl (C=O) groups excluding carboxylic acids is 1. The van der Waals surface area contributed by atoms with Crippen LogP contribution in [0.25, 0.3) is 0 Å². The lowest BCUT2D eigenvalue weighted by molar-refractivity contribution is 0.0991. The Morgan fingerprint density at radius 3 is 2.31 bits per heavy atom. The van der Waals surface area contributed by atoms with E-state index >= 15 is 0 Å². The zero-order valence-corrected chi connectivity index (χ0v) is 22.3. The van der Waals surface area contributed by atoms with E-state index in [1.165, 1.54) is 29.9 Å². The number of hydrogen-bond acceptors (Lipinski definition) is 5. The molecule has 1 heterocycles. The molecule has 2 N–H and O–H groups in total. The number of para-hydroxylation sites is 1. The molecule has 6 heteroatoms. The number of carbonyl (C=O) groups is 1. The summed E-state index contributed by atoms with van der Waals surface area (Å²) in [5.41, 5.74) is 5.95. The molecule has 0 bridgehead atoms. The molecule has 0 radical (unpaired) electrons. The predicted molar refractivity (Wildman–Crippen MR) is 148 cm³/mol. The van der Waals surface area contributed by atoms with Crippen LogP contribution >= 0.6 is 0 Å². The third kappa shape index (κ3) is 6.51. The number of phenols is 1. The van der Waals surface area contributed by atoms with E-state index in [0.717, 1.165) is 25.7 Å². The van der Waals surface area contributed by atoms with Crippen molar-refractivity contribution in [1.82, 2.24) is 0 Å². The maximum absolute atomic E-state index is 13.7. The van der Waals surface area contributed by atoms with Gasteiger partial charge in [0.2, 0.25) is 0 Å². The lowest BCUT2D eigenvalue weighted by Gasteiger charge is -2.23. The molecule has 2 aromatic carbocycles. The number of fused-ring (bicyclic) bond motifs is 2. The summed E-state index contributed by atoms with van der Waals surface area (Å²) in [6.45, 7) is 8.90. The van der Waals surface area contributed by atoms with Gasteiger partial charge < -0.3 is 24.8 Å². The monoisotopic (exact) mass is 490 g/mol. The average Bonchev–Trinajstić information content (AvgIpc) is 2.96. The molecule has 1 amide bonds. The molecular formula is C30H38N2O4. The summed E-state index contributed by atoms with van der Waals surface area (Å²) in [6, 6.07) is 8.63. The number of anilines is 3. The number of rotatable bonds is 10. The molecule has 1 aliphatic rings. The first-order valence-electron chi connectivity index (χ1n) is 12.4. The quantitative estimate of drug-likeness (QED) is 0.266. The summed E-state index contributed by atoms with van der Waals surface area (Å²) in [7, 11) is 3.09. The van der Waals surface area contributed by atoms with E-state index in [0.29, 0.717) is 40.7 Å². The van der Waals surface area contributed by atoms with Crippen LogP contribution in [-0.2, 0) is 0 Å². The number of benzene rings is 2. The molecule has 0 saturated heterocycles. The molecule has 1 aliphatic heterocycles. The van der Waals surface area contributed by atoms with Gasteiger partial charge in [0, 0.05) is 18.7 Å². The van der Waals surface area contributed by atoms with Gasteiger partial charge in [-0.05, 0) is 65.5 Å². The first-order valence-corrected chi connectivity index (χ1v) is 12.4. The van der Waals surface area contributed by atoms with Crippen molar-refractivity contribution in [1.29, 1.82) is 0 Å². The Balaban J connectivity index is 1.85. The molecule has 0 fully saturated rings. The normalized spacial score (nSPS) is 13.4. The van der Waals surface area contributed by atoms with Crippen molar-refractivity contribution < 1.29 is 19.4 Å². The third-order valence-corrected chi connectivity index (χ3v) is 6.31. The minimum absolute atomic E-state index is 0.00432. The van der Waals surface area contributed by atoms with E-state index in [4.69, 9.17) is 9.47 Å². The van der Waals surface area contributed by atoms with Crippen LogP contribution in [-0.4, -0.2) is 31.8 Å². The van der Waals surface area contributed by atoms with Crippen LogP contribution in [0.2, 0.25) is 0 Å². The number of nitrogens with zero attached hydrogens (tertiary/aromatic N) is 1. The molecule has 6 nitrogen and oxygen atoms in total. The highest BCUT2D eigenvalue weighted by molar-refractivity contribution is 6.15. The van der Waals surface area contributed by atoms with Crippen molar-refractivity contribution in [2.24, 2.45) is 0 Å². The number of methoxy groups -OCH3 is 2. The van der Waals surface area contributed by atoms with Gasteiger partial charge in [-0.2, -0.15) is 0 Å². The third-order valence-electron chi connectivity index (χ3n) is 6.31. The van der Waals surface area contributed by atoms with E-state index in [9.17, 15) is 9.90 Å². The summed E-state index contributed by atoms with van der Waals surface area (Å²) in [5.74, 6) is 0.817. The van der Waals surface area contributed by atoms with Gasteiger partial charge in [-0.3, -0.25) is 4.79 Å². The van der Waals surface area contributed by atoms with Crippen LogP contribution in [0.3, 0.4) is 0 Å². The lowest BCUT2D eigenvalue weighted by Crippen LogP contribution is -2.30. The average molecular weight is 491 g/mol. The highest BCUT2D eigenvalue weighted by Crippen LogP contribution is 2.46. The number of allylic oxidation sites excluding steroid dienone is 5. The number of aromatic hydroxyl groups is 1. The van der Waals surface area contributed by atoms with Gasteiger partial charge in [0.15, 0.2) is 0 Å². The maximum atomic E-state index is 13.7. The molecule has 36 heavy (non-hydrogen) atoms. The second-order valence-corrected chi connectivity index (χ2v) is 9.42. The van der Waals surface area contributed by atoms with Crippen molar-refractivity contribution in [3.05, 3.63) is 70.8 Å². The maximum Gasteiger partial charge on any atom is 0.260 e. The second kappa shape index (κ2) is 12.3. The number of nitrogens with one attached hydrogen (secondary N) is 1. The van der Waals surface area contributed by atoms with Gasteiger partial charge in [-0.1, -0.05) is 41.0 Å². The largest absolute Gasteiger partial charge is 0.506 e. The van der Waals surface area contributed by atoms with Gasteiger partial charge in [-0.25, -0.2) is 0 Å². The zero-order valence-electron chi connectivity index (χ0n) is 22.3. The summed E-state index contributed by atoms with van der Waals surface area (Å²) in [5, 5.41) is 14.0. The molecule has 0 atom stereocenters. The molecule has 0 saturated carbocycles. The summed E-state index contributed by atoms with van der Waals surface area (Å²) in [6.07, 6.45) is 10.7. The minimum Gasteiger partial charge on any atom is -0.506 e. The SMILES string of the molecule is COc1cc(O)c2c(c1)N(C/C=C(\C)CC/C=C(\C)CCC=C(C)C)C(=O)c1cccc(OC)c1N2. The molecule has 0 aliphatic carbocycles. The molecule has 3 rings (SSSR count).